The van der Waals surface area contributed by atoms with E-state index in [0.717, 1.165) is 18.4 Å². The summed E-state index contributed by atoms with van der Waals surface area (Å²) in [4.78, 5) is 0. The Bertz CT molecular complexity index is 364. The van der Waals surface area contributed by atoms with Gasteiger partial charge in [0.1, 0.15) is 5.75 Å². The Labute approximate surface area is 103 Å². The lowest BCUT2D eigenvalue weighted by atomic mass is 9.81. The molecule has 0 fully saturated rings. The number of hydrogen-bond acceptors (Lipinski definition) is 1. The average molecular weight is 241 g/mol. The normalized spacial score (nSPS) is 11.8. The number of halogens is 1. The lowest BCUT2D eigenvalue weighted by Crippen LogP contribution is -2.15. The first-order valence-electron chi connectivity index (χ1n) is 5.75. The van der Waals surface area contributed by atoms with Crippen LogP contribution in [0.5, 0.6) is 5.75 Å². The Kier molecular flexibility index (Phi) is 4.26. The van der Waals surface area contributed by atoms with Crippen molar-refractivity contribution in [2.75, 3.05) is 5.88 Å². The predicted octanol–water partition coefficient (Wildman–Crippen LogP) is 4.17. The minimum absolute atomic E-state index is 0.0607. The minimum atomic E-state index is 0.0607. The van der Waals surface area contributed by atoms with Crippen LogP contribution in [0.2, 0.25) is 0 Å². The molecule has 0 atom stereocenters. The van der Waals surface area contributed by atoms with E-state index in [0.29, 0.717) is 11.6 Å². The van der Waals surface area contributed by atoms with E-state index < -0.39 is 0 Å². The monoisotopic (exact) mass is 240 g/mol. The van der Waals surface area contributed by atoms with Crippen molar-refractivity contribution in [3.63, 3.8) is 0 Å². The van der Waals surface area contributed by atoms with Crippen molar-refractivity contribution in [2.45, 2.75) is 46.0 Å². The maximum absolute atomic E-state index is 9.68. The van der Waals surface area contributed by atoms with Crippen LogP contribution in [-0.2, 0) is 11.8 Å². The van der Waals surface area contributed by atoms with Crippen LogP contribution in [0.4, 0.5) is 0 Å². The standard InChI is InChI=1S/C14H21ClO/c1-10-8-11(16)9-13(14(2,3)4)12(10)6-5-7-15/h8-9,16H,5-7H2,1-4H3. The van der Waals surface area contributed by atoms with Crippen LogP contribution < -0.4 is 0 Å². The fraction of sp³-hybridized carbons (Fsp3) is 0.571. The summed E-state index contributed by atoms with van der Waals surface area (Å²) in [7, 11) is 0. The molecule has 0 bridgehead atoms. The third kappa shape index (κ3) is 3.15. The van der Waals surface area contributed by atoms with Crippen molar-refractivity contribution in [3.05, 3.63) is 28.8 Å². The van der Waals surface area contributed by atoms with Crippen molar-refractivity contribution in [1.29, 1.82) is 0 Å². The van der Waals surface area contributed by atoms with Gasteiger partial charge in [-0.3, -0.25) is 0 Å². The van der Waals surface area contributed by atoms with Crippen LogP contribution in [0, 0.1) is 6.92 Å². The van der Waals surface area contributed by atoms with E-state index in [4.69, 9.17) is 11.6 Å². The Hall–Kier alpha value is -0.690. The predicted molar refractivity (Wildman–Crippen MR) is 70.6 cm³/mol. The molecule has 1 rings (SSSR count). The van der Waals surface area contributed by atoms with Crippen LogP contribution in [-0.4, -0.2) is 11.0 Å². The zero-order chi connectivity index (χ0) is 12.3. The largest absolute Gasteiger partial charge is 0.508 e. The second-order valence-corrected chi connectivity index (χ2v) is 5.71. The molecule has 0 amide bonds. The second kappa shape index (κ2) is 5.09. The highest BCUT2D eigenvalue weighted by atomic mass is 35.5. The zero-order valence-corrected chi connectivity index (χ0v) is 11.4. The van der Waals surface area contributed by atoms with Gasteiger partial charge in [-0.05, 0) is 54.0 Å². The zero-order valence-electron chi connectivity index (χ0n) is 10.6. The van der Waals surface area contributed by atoms with Gasteiger partial charge in [-0.2, -0.15) is 0 Å². The molecule has 90 valence electrons. The van der Waals surface area contributed by atoms with E-state index in [2.05, 4.69) is 27.7 Å². The van der Waals surface area contributed by atoms with Crippen molar-refractivity contribution >= 4 is 11.6 Å². The van der Waals surface area contributed by atoms with Crippen molar-refractivity contribution in [1.82, 2.24) is 0 Å². The summed E-state index contributed by atoms with van der Waals surface area (Å²) in [6.07, 6.45) is 1.97. The highest BCUT2D eigenvalue weighted by molar-refractivity contribution is 6.17. The molecule has 1 aromatic rings. The number of hydrogen-bond donors (Lipinski definition) is 1. The molecule has 16 heavy (non-hydrogen) atoms. The molecule has 1 N–H and O–H groups in total. The first-order chi connectivity index (χ1) is 7.36. The van der Waals surface area contributed by atoms with Crippen molar-refractivity contribution in [3.8, 4) is 5.75 Å². The lowest BCUT2D eigenvalue weighted by molar-refractivity contribution is 0.469. The first-order valence-corrected chi connectivity index (χ1v) is 6.28. The maximum Gasteiger partial charge on any atom is 0.116 e. The molecule has 0 aliphatic heterocycles. The second-order valence-electron chi connectivity index (χ2n) is 5.33. The fourth-order valence-corrected chi connectivity index (χ4v) is 2.18. The van der Waals surface area contributed by atoms with E-state index >= 15 is 0 Å². The molecule has 0 aliphatic carbocycles. The number of phenolic OH excluding ortho intramolecular Hbond substituents is 1. The van der Waals surface area contributed by atoms with E-state index in [1.807, 2.05) is 12.1 Å². The molecule has 1 aromatic carbocycles. The summed E-state index contributed by atoms with van der Waals surface area (Å²) in [6, 6.07) is 3.72. The average Bonchev–Trinajstić information content (AvgIpc) is 2.14. The molecule has 0 heterocycles. The van der Waals surface area contributed by atoms with Gasteiger partial charge in [-0.15, -0.1) is 11.6 Å². The SMILES string of the molecule is Cc1cc(O)cc(C(C)(C)C)c1CCCCl. The highest BCUT2D eigenvalue weighted by Crippen LogP contribution is 2.32. The summed E-state index contributed by atoms with van der Waals surface area (Å²) >= 11 is 5.75. The molecule has 0 radical (unpaired) electrons. The van der Waals surface area contributed by atoms with Gasteiger partial charge in [0.25, 0.3) is 0 Å². The van der Waals surface area contributed by atoms with E-state index in [1.165, 1.54) is 11.1 Å². The summed E-state index contributed by atoms with van der Waals surface area (Å²) < 4.78 is 0. The van der Waals surface area contributed by atoms with Gasteiger partial charge >= 0.3 is 0 Å². The molecule has 0 unspecified atom stereocenters. The van der Waals surface area contributed by atoms with Gasteiger partial charge in [-0.1, -0.05) is 20.8 Å². The van der Waals surface area contributed by atoms with Crippen molar-refractivity contribution in [2.24, 2.45) is 0 Å². The number of aryl methyl sites for hydroxylation is 1. The van der Waals surface area contributed by atoms with Gasteiger partial charge in [-0.25, -0.2) is 0 Å². The molecular weight excluding hydrogens is 220 g/mol. The van der Waals surface area contributed by atoms with Crippen LogP contribution in [0.3, 0.4) is 0 Å². The first kappa shape index (κ1) is 13.4. The number of benzene rings is 1. The smallest absolute Gasteiger partial charge is 0.116 e. The van der Waals surface area contributed by atoms with E-state index in [-0.39, 0.29) is 5.41 Å². The Morgan fingerprint density at radius 2 is 1.88 bits per heavy atom. The number of aromatic hydroxyl groups is 1. The summed E-state index contributed by atoms with van der Waals surface area (Å²) in [5.41, 5.74) is 3.79. The van der Waals surface area contributed by atoms with E-state index in [1.54, 1.807) is 0 Å². The van der Waals surface area contributed by atoms with Crippen LogP contribution >= 0.6 is 11.6 Å². The van der Waals surface area contributed by atoms with Crippen LogP contribution in [0.25, 0.3) is 0 Å². The Balaban J connectivity index is 3.21. The Morgan fingerprint density at radius 3 is 2.38 bits per heavy atom. The van der Waals surface area contributed by atoms with Gasteiger partial charge < -0.3 is 5.11 Å². The highest BCUT2D eigenvalue weighted by Gasteiger charge is 2.19. The van der Waals surface area contributed by atoms with Crippen LogP contribution in [0.1, 0.15) is 43.9 Å². The van der Waals surface area contributed by atoms with Gasteiger partial charge in [0.15, 0.2) is 0 Å². The molecule has 2 heteroatoms. The third-order valence-electron chi connectivity index (χ3n) is 2.83. The van der Waals surface area contributed by atoms with E-state index in [9.17, 15) is 5.11 Å². The topological polar surface area (TPSA) is 20.2 Å². The Morgan fingerprint density at radius 1 is 1.25 bits per heavy atom. The molecule has 1 nitrogen and oxygen atoms in total. The number of rotatable bonds is 3. The number of alkyl halides is 1. The molecule has 0 saturated heterocycles. The number of phenols is 1. The molecule has 0 aliphatic rings. The molecule has 0 aromatic heterocycles. The van der Waals surface area contributed by atoms with Gasteiger partial charge in [0.2, 0.25) is 0 Å². The van der Waals surface area contributed by atoms with Gasteiger partial charge in [0.05, 0.1) is 0 Å². The summed E-state index contributed by atoms with van der Waals surface area (Å²) in [5.74, 6) is 1.04. The summed E-state index contributed by atoms with van der Waals surface area (Å²) in [5, 5.41) is 9.68. The summed E-state index contributed by atoms with van der Waals surface area (Å²) in [6.45, 7) is 8.57. The van der Waals surface area contributed by atoms with Gasteiger partial charge in [0, 0.05) is 5.88 Å². The quantitative estimate of drug-likeness (QED) is 0.787. The molecule has 0 saturated carbocycles. The maximum atomic E-state index is 9.68. The fourth-order valence-electron chi connectivity index (χ4n) is 2.04. The molecular formula is C14H21ClO. The minimum Gasteiger partial charge on any atom is -0.508 e. The third-order valence-corrected chi connectivity index (χ3v) is 3.09. The lowest BCUT2D eigenvalue weighted by Gasteiger charge is -2.24. The van der Waals surface area contributed by atoms with Crippen molar-refractivity contribution < 1.29 is 5.11 Å². The van der Waals surface area contributed by atoms with Crippen LogP contribution in [0.15, 0.2) is 12.1 Å². The molecule has 0 spiro atoms.